The molecule has 29 heavy (non-hydrogen) atoms. The number of carbonyl (C=O) groups excluding carboxylic acids is 2. The summed E-state index contributed by atoms with van der Waals surface area (Å²) in [4.78, 5) is 29.7. The summed E-state index contributed by atoms with van der Waals surface area (Å²) in [6.45, 7) is 2.63. The molecule has 3 aromatic rings. The summed E-state index contributed by atoms with van der Waals surface area (Å²) in [5.41, 5.74) is 4.00. The van der Waals surface area contributed by atoms with Crippen molar-refractivity contribution in [1.82, 2.24) is 10.3 Å². The topological polar surface area (TPSA) is 75.5 Å². The van der Waals surface area contributed by atoms with Gasteiger partial charge in [0.1, 0.15) is 5.01 Å². The van der Waals surface area contributed by atoms with Gasteiger partial charge in [0.15, 0.2) is 13.1 Å². The van der Waals surface area contributed by atoms with Crippen LogP contribution in [0.1, 0.15) is 18.4 Å². The van der Waals surface area contributed by atoms with Crippen molar-refractivity contribution in [3.8, 4) is 10.6 Å². The molecule has 2 amide bonds. The van der Waals surface area contributed by atoms with Crippen molar-refractivity contribution in [2.75, 3.05) is 25.5 Å². The first-order valence-corrected chi connectivity index (χ1v) is 10.7. The lowest BCUT2D eigenvalue weighted by Gasteiger charge is -2.13. The number of amides is 2. The maximum atomic E-state index is 12.3. The molecule has 1 heterocycles. The van der Waals surface area contributed by atoms with Crippen molar-refractivity contribution in [3.05, 3.63) is 48.0 Å². The standard InChI is InChI=1S/C22H24N4O2S/c1-14-3-10-18-19(11-14)29-22(25-18)15-4-6-16(7-5-15)23-20(27)12-26(2)13-21(28)24-17-8-9-17/h3-7,10-11,17H,8-9,12-13H2,1-2H3,(H,23,27)(H,24,28)/p+1. The van der Waals surface area contributed by atoms with Crippen LogP contribution >= 0.6 is 11.3 Å². The summed E-state index contributed by atoms with van der Waals surface area (Å²) in [5.74, 6) is -0.0990. The number of quaternary nitrogens is 1. The average molecular weight is 410 g/mol. The van der Waals surface area contributed by atoms with Gasteiger partial charge in [0.25, 0.3) is 11.8 Å². The first-order valence-electron chi connectivity index (χ1n) is 9.84. The van der Waals surface area contributed by atoms with Crippen LogP contribution in [0.15, 0.2) is 42.5 Å². The molecule has 0 radical (unpaired) electrons. The quantitative estimate of drug-likeness (QED) is 0.559. The second-order valence-corrected chi connectivity index (χ2v) is 8.80. The highest BCUT2D eigenvalue weighted by molar-refractivity contribution is 7.21. The first kappa shape index (κ1) is 19.5. The molecule has 1 saturated carbocycles. The van der Waals surface area contributed by atoms with Gasteiger partial charge in [-0.3, -0.25) is 9.59 Å². The molecule has 0 aliphatic heterocycles. The minimum atomic E-state index is -0.107. The zero-order valence-corrected chi connectivity index (χ0v) is 17.4. The molecular weight excluding hydrogens is 384 g/mol. The number of likely N-dealkylation sites (N-methyl/N-ethyl adjacent to an activating group) is 1. The number of anilines is 1. The Bertz CT molecular complexity index is 1040. The Kier molecular flexibility index (Phi) is 5.60. The molecule has 150 valence electrons. The van der Waals surface area contributed by atoms with E-state index in [9.17, 15) is 9.59 Å². The van der Waals surface area contributed by atoms with E-state index in [0.717, 1.165) is 39.5 Å². The lowest BCUT2D eigenvalue weighted by Crippen LogP contribution is -3.11. The number of aryl methyl sites for hydroxylation is 1. The van der Waals surface area contributed by atoms with Crippen molar-refractivity contribution < 1.29 is 14.5 Å². The number of hydrogen-bond acceptors (Lipinski definition) is 4. The molecule has 6 nitrogen and oxygen atoms in total. The van der Waals surface area contributed by atoms with E-state index >= 15 is 0 Å². The van der Waals surface area contributed by atoms with Gasteiger partial charge in [-0.15, -0.1) is 11.3 Å². The van der Waals surface area contributed by atoms with Gasteiger partial charge in [0.2, 0.25) is 0 Å². The molecule has 1 aliphatic rings. The van der Waals surface area contributed by atoms with Gasteiger partial charge in [-0.05, 0) is 61.7 Å². The number of hydrogen-bond donors (Lipinski definition) is 3. The van der Waals surface area contributed by atoms with Crippen LogP contribution in [0.3, 0.4) is 0 Å². The number of aromatic nitrogens is 1. The Morgan fingerprint density at radius 1 is 1.10 bits per heavy atom. The molecular formula is C22H25N4O2S+. The average Bonchev–Trinajstić information content (AvgIpc) is 3.37. The molecule has 1 aromatic heterocycles. The largest absolute Gasteiger partial charge is 0.348 e. The SMILES string of the molecule is Cc1ccc2nc(-c3ccc(NC(=O)C[NH+](C)CC(=O)NC4CC4)cc3)sc2c1. The van der Waals surface area contributed by atoms with Gasteiger partial charge >= 0.3 is 0 Å². The summed E-state index contributed by atoms with van der Waals surface area (Å²) in [5, 5.41) is 6.82. The van der Waals surface area contributed by atoms with Crippen molar-refractivity contribution in [2.24, 2.45) is 0 Å². The number of benzene rings is 2. The van der Waals surface area contributed by atoms with Gasteiger partial charge < -0.3 is 15.5 Å². The lowest BCUT2D eigenvalue weighted by molar-refractivity contribution is -0.862. The maximum absolute atomic E-state index is 12.3. The molecule has 1 atom stereocenters. The summed E-state index contributed by atoms with van der Waals surface area (Å²) in [6.07, 6.45) is 2.13. The van der Waals surface area contributed by atoms with Crippen LogP contribution in [-0.4, -0.2) is 43.0 Å². The minimum Gasteiger partial charge on any atom is -0.348 e. The molecule has 0 bridgehead atoms. The molecule has 3 N–H and O–H groups in total. The van der Waals surface area contributed by atoms with Gasteiger partial charge in [0, 0.05) is 17.3 Å². The number of nitrogens with one attached hydrogen (secondary N) is 3. The fourth-order valence-electron chi connectivity index (χ4n) is 3.17. The minimum absolute atomic E-state index is 0.00758. The number of thiazole rings is 1. The van der Waals surface area contributed by atoms with Crippen LogP contribution in [0, 0.1) is 6.92 Å². The van der Waals surface area contributed by atoms with E-state index in [4.69, 9.17) is 4.98 Å². The van der Waals surface area contributed by atoms with Crippen molar-refractivity contribution >= 4 is 39.1 Å². The van der Waals surface area contributed by atoms with E-state index in [1.807, 2.05) is 37.4 Å². The highest BCUT2D eigenvalue weighted by atomic mass is 32.1. The predicted molar refractivity (Wildman–Crippen MR) is 116 cm³/mol. The number of nitrogens with zero attached hydrogens (tertiary/aromatic N) is 1. The highest BCUT2D eigenvalue weighted by Gasteiger charge is 2.24. The van der Waals surface area contributed by atoms with Crippen LogP contribution in [0.4, 0.5) is 5.69 Å². The van der Waals surface area contributed by atoms with Gasteiger partial charge in [0.05, 0.1) is 17.3 Å². The normalized spacial score (nSPS) is 14.6. The fourth-order valence-corrected chi connectivity index (χ4v) is 4.24. The van der Waals surface area contributed by atoms with Crippen molar-refractivity contribution in [1.29, 1.82) is 0 Å². The molecule has 7 heteroatoms. The number of fused-ring (bicyclic) bond motifs is 1. The van der Waals surface area contributed by atoms with Crippen LogP contribution in [0.5, 0.6) is 0 Å². The molecule has 1 fully saturated rings. The molecule has 2 aromatic carbocycles. The Hall–Kier alpha value is -2.77. The predicted octanol–water partition coefficient (Wildman–Crippen LogP) is 2.00. The zero-order valence-electron chi connectivity index (χ0n) is 16.6. The van der Waals surface area contributed by atoms with Crippen LogP contribution in [0.25, 0.3) is 20.8 Å². The second kappa shape index (κ2) is 8.31. The number of carbonyl (C=O) groups is 2. The smallest absolute Gasteiger partial charge is 0.279 e. The molecule has 1 unspecified atom stereocenters. The van der Waals surface area contributed by atoms with Crippen molar-refractivity contribution in [3.63, 3.8) is 0 Å². The maximum Gasteiger partial charge on any atom is 0.279 e. The number of rotatable bonds is 7. The van der Waals surface area contributed by atoms with Crippen molar-refractivity contribution in [2.45, 2.75) is 25.8 Å². The third-order valence-electron chi connectivity index (χ3n) is 4.83. The van der Waals surface area contributed by atoms with E-state index in [1.165, 1.54) is 10.3 Å². The van der Waals surface area contributed by atoms with Crippen LogP contribution in [-0.2, 0) is 9.59 Å². The van der Waals surface area contributed by atoms with Gasteiger partial charge in [-0.1, -0.05) is 6.07 Å². The Labute approximate surface area is 173 Å². The molecule has 0 spiro atoms. The van der Waals surface area contributed by atoms with E-state index in [-0.39, 0.29) is 18.4 Å². The fraction of sp³-hybridized carbons (Fsp3) is 0.318. The zero-order chi connectivity index (χ0) is 20.4. The van der Waals surface area contributed by atoms with Crippen LogP contribution < -0.4 is 15.5 Å². The van der Waals surface area contributed by atoms with E-state index in [0.29, 0.717) is 12.6 Å². The third kappa shape index (κ3) is 5.19. The second-order valence-electron chi connectivity index (χ2n) is 7.77. The summed E-state index contributed by atoms with van der Waals surface area (Å²) in [7, 11) is 1.85. The van der Waals surface area contributed by atoms with E-state index in [2.05, 4.69) is 29.7 Å². The monoisotopic (exact) mass is 409 g/mol. The molecule has 4 rings (SSSR count). The Morgan fingerprint density at radius 3 is 2.55 bits per heavy atom. The van der Waals surface area contributed by atoms with Gasteiger partial charge in [-0.2, -0.15) is 0 Å². The summed E-state index contributed by atoms with van der Waals surface area (Å²) >= 11 is 1.67. The summed E-state index contributed by atoms with van der Waals surface area (Å²) < 4.78 is 1.18. The van der Waals surface area contributed by atoms with E-state index < -0.39 is 0 Å². The summed E-state index contributed by atoms with van der Waals surface area (Å²) in [6, 6.07) is 14.3. The van der Waals surface area contributed by atoms with Gasteiger partial charge in [-0.25, -0.2) is 4.98 Å². The third-order valence-corrected chi connectivity index (χ3v) is 5.89. The Balaban J connectivity index is 1.33. The van der Waals surface area contributed by atoms with Crippen LogP contribution in [0.2, 0.25) is 0 Å². The molecule has 1 aliphatic carbocycles. The highest BCUT2D eigenvalue weighted by Crippen LogP contribution is 2.31. The first-order chi connectivity index (χ1) is 14.0. The van der Waals surface area contributed by atoms with E-state index in [1.54, 1.807) is 11.3 Å². The lowest BCUT2D eigenvalue weighted by atomic mass is 10.2. The molecule has 0 saturated heterocycles. The Morgan fingerprint density at radius 2 is 1.83 bits per heavy atom.